The smallest absolute Gasteiger partial charge is 0.243 e. The number of carbonyl (C=O) groups is 3. The van der Waals surface area contributed by atoms with Gasteiger partial charge in [0.1, 0.15) is 17.1 Å². The summed E-state index contributed by atoms with van der Waals surface area (Å²) >= 11 is 0. The van der Waals surface area contributed by atoms with E-state index in [0.717, 1.165) is 38.8 Å². The number of hydrogen-bond donors (Lipinski definition) is 3. The van der Waals surface area contributed by atoms with Gasteiger partial charge in [-0.25, -0.2) is 13.4 Å². The number of benzene rings is 2. The van der Waals surface area contributed by atoms with Gasteiger partial charge in [-0.15, -0.1) is 71.8 Å². The molecule has 1 fully saturated rings. The summed E-state index contributed by atoms with van der Waals surface area (Å²) in [5.74, 6) is -1.79. The van der Waals surface area contributed by atoms with Crippen molar-refractivity contribution in [1.82, 2.24) is 40.9 Å². The van der Waals surface area contributed by atoms with E-state index in [0.29, 0.717) is 55.9 Å². The summed E-state index contributed by atoms with van der Waals surface area (Å²) in [6, 6.07) is 44.5. The van der Waals surface area contributed by atoms with Gasteiger partial charge < -0.3 is 35.4 Å². The van der Waals surface area contributed by atoms with Gasteiger partial charge in [0, 0.05) is 88.6 Å². The first kappa shape index (κ1) is 56.6. The molecule has 3 N–H and O–H groups in total. The van der Waals surface area contributed by atoms with Crippen molar-refractivity contribution >= 4 is 55.1 Å². The third kappa shape index (κ3) is 19.7. The van der Waals surface area contributed by atoms with Gasteiger partial charge in [0.2, 0.25) is 17.7 Å². The van der Waals surface area contributed by atoms with Crippen LogP contribution in [0.1, 0.15) is 37.7 Å². The van der Waals surface area contributed by atoms with Crippen molar-refractivity contribution in [2.75, 3.05) is 36.0 Å². The number of anilines is 1. The second-order valence-electron chi connectivity index (χ2n) is 15.9. The Bertz CT molecular complexity index is 2680. The van der Waals surface area contributed by atoms with Crippen molar-refractivity contribution in [2.45, 2.75) is 56.1 Å². The van der Waals surface area contributed by atoms with E-state index in [1.165, 1.54) is 10.8 Å². The molecular weight excluding hydrogens is 1150 g/mol. The van der Waals surface area contributed by atoms with E-state index in [2.05, 4.69) is 53.0 Å². The van der Waals surface area contributed by atoms with Gasteiger partial charge in [-0.3, -0.25) is 24.4 Å². The maximum absolute atomic E-state index is 13.4. The van der Waals surface area contributed by atoms with Crippen LogP contribution in [0, 0.1) is 19.1 Å². The number of amides is 3. The first-order chi connectivity index (χ1) is 34.5. The van der Waals surface area contributed by atoms with Crippen LogP contribution in [-0.2, 0) is 44.6 Å². The zero-order valence-electron chi connectivity index (χ0n) is 39.4. The molecule has 0 saturated carbocycles. The van der Waals surface area contributed by atoms with Crippen LogP contribution in [0.3, 0.4) is 0 Å². The number of hydrogen-bond acceptors (Lipinski definition) is 14. The second kappa shape index (κ2) is 30.5. The van der Waals surface area contributed by atoms with Gasteiger partial charge >= 0.3 is 0 Å². The van der Waals surface area contributed by atoms with Gasteiger partial charge in [-0.1, -0.05) is 41.1 Å². The van der Waals surface area contributed by atoms with E-state index < -0.39 is 39.8 Å². The SMILES string of the molecule is Cc1ccnc(-c2cc(N3CCCC3C(=O)NC(CS(=O)(=O)[O-])C(=O)NCCCCC(=O)NCCSSc3ccccn3)ccn2)c1.[Ir].[c-]1ccccc1-c1ccccn1.[c-]1ccccc1-c1ccccn1. The van der Waals surface area contributed by atoms with E-state index in [1.54, 1.807) is 47.8 Å². The van der Waals surface area contributed by atoms with Gasteiger partial charge in [0.15, 0.2) is 0 Å². The molecule has 8 rings (SSSR count). The monoisotopic (exact) mass is 1200 g/mol. The van der Waals surface area contributed by atoms with Crippen LogP contribution in [0.4, 0.5) is 5.69 Å². The summed E-state index contributed by atoms with van der Waals surface area (Å²) in [6.07, 6.45) is 11.0. The molecule has 7 aromatic rings. The van der Waals surface area contributed by atoms with Crippen molar-refractivity contribution < 1.29 is 47.5 Å². The van der Waals surface area contributed by atoms with Crippen molar-refractivity contribution in [3.8, 4) is 33.9 Å². The molecule has 0 bridgehead atoms. The first-order valence-electron chi connectivity index (χ1n) is 22.9. The quantitative estimate of drug-likeness (QED) is 0.0306. The molecule has 6 heterocycles. The number of rotatable bonds is 19. The molecule has 1 radical (unpaired) electrons. The number of unbranched alkanes of at least 4 members (excludes halogenated alkanes) is 1. The van der Waals surface area contributed by atoms with Crippen LogP contribution in [0.5, 0.6) is 0 Å². The minimum absolute atomic E-state index is 0. The fourth-order valence-electron chi connectivity index (χ4n) is 7.13. The Morgan fingerprint density at radius 1 is 0.722 bits per heavy atom. The van der Waals surface area contributed by atoms with E-state index in [4.69, 9.17) is 0 Å². The number of carbonyl (C=O) groups excluding carboxylic acids is 3. The van der Waals surface area contributed by atoms with Gasteiger partial charge in [-0.2, -0.15) is 0 Å². The van der Waals surface area contributed by atoms with Gasteiger partial charge in [0.25, 0.3) is 0 Å². The maximum Gasteiger partial charge on any atom is 0.243 e. The predicted molar refractivity (Wildman–Crippen MR) is 279 cm³/mol. The molecule has 5 aromatic heterocycles. The van der Waals surface area contributed by atoms with E-state index >= 15 is 0 Å². The Kier molecular flexibility index (Phi) is 24.0. The van der Waals surface area contributed by atoms with Gasteiger partial charge in [-0.05, 0) is 109 Å². The van der Waals surface area contributed by atoms with Crippen LogP contribution < -0.4 is 20.9 Å². The first-order valence-corrected chi connectivity index (χ1v) is 26.8. The standard InChI is InChI=1S/C31H39N7O6S3.2C11H8N.Ir/c1-22-10-14-32-24(19-22)25-20-23(11-15-33-25)38-17-6-7-27(38)31(41)37-26(21-47(42,43)44)30(40)36-13-4-2-8-28(39)34-16-18-45-46-29-9-3-5-12-35-29;2*1-2-6-10(7-3-1)11-8-4-5-9-12-11;/h3,5,9-12,14-15,19-20,26-27H,2,4,6-8,13,16-18,21H2,1H3,(H,34,39)(H,36,40)(H,37,41)(H,42,43,44);2*1-6,8-9H;/q;2*-1;/p-1. The van der Waals surface area contributed by atoms with E-state index in [1.807, 2.05) is 133 Å². The van der Waals surface area contributed by atoms with Crippen LogP contribution in [0.25, 0.3) is 33.9 Å². The summed E-state index contributed by atoms with van der Waals surface area (Å²) in [5, 5.41) is 8.84. The third-order valence-electron chi connectivity index (χ3n) is 10.5. The third-order valence-corrected chi connectivity index (χ3v) is 13.5. The Balaban J connectivity index is 0.000000308. The molecule has 2 unspecified atom stereocenters. The average Bonchev–Trinajstić information content (AvgIpc) is 3.90. The second-order valence-corrected chi connectivity index (χ2v) is 19.8. The zero-order valence-corrected chi connectivity index (χ0v) is 44.3. The number of nitrogens with one attached hydrogen (secondary N) is 3. The van der Waals surface area contributed by atoms with Crippen LogP contribution >= 0.6 is 21.6 Å². The maximum atomic E-state index is 13.4. The van der Waals surface area contributed by atoms with Crippen LogP contribution in [-0.4, -0.2) is 98.8 Å². The minimum atomic E-state index is -4.83. The van der Waals surface area contributed by atoms with E-state index in [-0.39, 0.29) is 39.0 Å². The van der Waals surface area contributed by atoms with Crippen LogP contribution in [0.15, 0.2) is 163 Å². The molecule has 377 valence electrons. The van der Waals surface area contributed by atoms with Crippen LogP contribution in [0.2, 0.25) is 0 Å². The fraction of sp³-hybridized carbons (Fsp3) is 0.245. The molecule has 15 nitrogen and oxygen atoms in total. The van der Waals surface area contributed by atoms with Crippen molar-refractivity contribution in [2.24, 2.45) is 0 Å². The molecule has 0 aliphatic carbocycles. The molecule has 0 spiro atoms. The summed E-state index contributed by atoms with van der Waals surface area (Å²) in [4.78, 5) is 61.7. The minimum Gasteiger partial charge on any atom is -0.748 e. The molecule has 3 amide bonds. The summed E-state index contributed by atoms with van der Waals surface area (Å²) in [7, 11) is -1.70. The fourth-order valence-corrected chi connectivity index (χ4v) is 9.56. The molecule has 19 heteroatoms. The Hall–Kier alpha value is -6.34. The summed E-state index contributed by atoms with van der Waals surface area (Å²) in [5.41, 5.74) is 7.11. The zero-order chi connectivity index (χ0) is 50.1. The molecule has 1 saturated heterocycles. The molecular formula is C53H54IrN9O6S3-3. The number of pyridine rings is 5. The summed E-state index contributed by atoms with van der Waals surface area (Å²) < 4.78 is 34.9. The Morgan fingerprint density at radius 3 is 1.92 bits per heavy atom. The molecule has 2 aromatic carbocycles. The summed E-state index contributed by atoms with van der Waals surface area (Å²) in [6.45, 7) is 3.18. The topological polar surface area (TPSA) is 212 Å². The van der Waals surface area contributed by atoms with E-state index in [9.17, 15) is 27.4 Å². The predicted octanol–water partition coefficient (Wildman–Crippen LogP) is 7.78. The largest absolute Gasteiger partial charge is 0.748 e. The van der Waals surface area contributed by atoms with Crippen molar-refractivity contribution in [1.29, 1.82) is 0 Å². The van der Waals surface area contributed by atoms with Gasteiger partial charge in [0.05, 0.1) is 27.3 Å². The molecule has 1 aliphatic rings. The number of aryl methyl sites for hydroxylation is 1. The van der Waals surface area contributed by atoms with Crippen molar-refractivity contribution in [3.05, 3.63) is 176 Å². The normalized spacial score (nSPS) is 13.1. The molecule has 1 aliphatic heterocycles. The van der Waals surface area contributed by atoms with Crippen molar-refractivity contribution in [3.63, 3.8) is 0 Å². The average molecular weight is 1200 g/mol. The molecule has 2 atom stereocenters. The Morgan fingerprint density at radius 2 is 1.33 bits per heavy atom. The Labute approximate surface area is 442 Å². The number of nitrogens with zero attached hydrogens (tertiary/aromatic N) is 6. The molecule has 72 heavy (non-hydrogen) atoms. The number of aromatic nitrogens is 5.